The van der Waals surface area contributed by atoms with Gasteiger partial charge in [0.1, 0.15) is 0 Å². The van der Waals surface area contributed by atoms with Crippen LogP contribution in [0.25, 0.3) is 0 Å². The van der Waals surface area contributed by atoms with E-state index >= 15 is 0 Å². The third kappa shape index (κ3) is 16.2. The second-order valence-corrected chi connectivity index (χ2v) is 5.60. The van der Waals surface area contributed by atoms with Crippen LogP contribution >= 0.6 is 0 Å². The van der Waals surface area contributed by atoms with Gasteiger partial charge < -0.3 is 4.90 Å². The van der Waals surface area contributed by atoms with Crippen LogP contribution in [0.3, 0.4) is 0 Å². The molecule has 0 radical (unpaired) electrons. The van der Waals surface area contributed by atoms with Crippen molar-refractivity contribution < 1.29 is 18.9 Å². The van der Waals surface area contributed by atoms with Crippen LogP contribution in [-0.4, -0.2) is 24.5 Å². The van der Waals surface area contributed by atoms with E-state index in [1.165, 1.54) is 77.3 Å². The van der Waals surface area contributed by atoms with E-state index in [0.29, 0.717) is 0 Å². The molecule has 0 aliphatic carbocycles. The molecule has 0 aromatic carbocycles. The first-order valence-electron chi connectivity index (χ1n) is 8.51. The van der Waals surface area contributed by atoms with Crippen molar-refractivity contribution in [2.24, 2.45) is 0 Å². The van der Waals surface area contributed by atoms with E-state index in [1.807, 2.05) is 6.08 Å². The molecule has 0 N–H and O–H groups in total. The summed E-state index contributed by atoms with van der Waals surface area (Å²) in [5.74, 6) is 0. The maximum absolute atomic E-state index is 3.79. The Morgan fingerprint density at radius 3 is 1.60 bits per heavy atom. The summed E-state index contributed by atoms with van der Waals surface area (Å²) in [6, 6.07) is 0. The van der Waals surface area contributed by atoms with Crippen molar-refractivity contribution in [1.29, 1.82) is 0 Å². The molecule has 0 heterocycles. The monoisotopic (exact) mass is 273 g/mol. The minimum atomic E-state index is 0. The summed E-state index contributed by atoms with van der Waals surface area (Å²) < 4.78 is 0. The normalized spacial score (nSPS) is 11.2. The van der Waals surface area contributed by atoms with Crippen molar-refractivity contribution >= 4 is 0 Å². The molecular formula is C18H36LiN. The van der Waals surface area contributed by atoms with Crippen molar-refractivity contribution in [3.05, 3.63) is 19.1 Å². The predicted octanol–water partition coefficient (Wildman–Crippen LogP) is 2.62. The van der Waals surface area contributed by atoms with Crippen LogP contribution in [-0.2, 0) is 0 Å². The van der Waals surface area contributed by atoms with Gasteiger partial charge in [-0.2, -0.15) is 0 Å². The van der Waals surface area contributed by atoms with E-state index in [4.69, 9.17) is 0 Å². The number of rotatable bonds is 14. The maximum atomic E-state index is 3.79. The summed E-state index contributed by atoms with van der Waals surface area (Å²) in [6.07, 6.45) is 17.9. The molecule has 0 fully saturated rings. The van der Waals surface area contributed by atoms with E-state index < -0.39 is 0 Å². The molecule has 1 nitrogen and oxygen atoms in total. The molecule has 0 aliphatic heterocycles. The minimum absolute atomic E-state index is 0. The second kappa shape index (κ2) is 19.2. The molecule has 114 valence electrons. The van der Waals surface area contributed by atoms with E-state index in [-0.39, 0.29) is 18.9 Å². The van der Waals surface area contributed by atoms with Gasteiger partial charge in [0.2, 0.25) is 0 Å². The van der Waals surface area contributed by atoms with Crippen LogP contribution in [0.15, 0.2) is 12.2 Å². The summed E-state index contributed by atoms with van der Waals surface area (Å²) >= 11 is 0. The zero-order chi connectivity index (χ0) is 14.2. The van der Waals surface area contributed by atoms with E-state index in [0.717, 1.165) is 6.54 Å². The number of allylic oxidation sites excluding steroid dienone is 1. The number of nitrogens with zero attached hydrogens (tertiary/aromatic N) is 1. The minimum Gasteiger partial charge on any atom is -0.316 e. The smallest absolute Gasteiger partial charge is 0.316 e. The third-order valence-electron chi connectivity index (χ3n) is 3.69. The Morgan fingerprint density at radius 2 is 1.20 bits per heavy atom. The van der Waals surface area contributed by atoms with Crippen LogP contribution in [0.1, 0.15) is 78.1 Å². The first kappa shape index (κ1) is 22.4. The fourth-order valence-corrected chi connectivity index (χ4v) is 2.40. The number of hydrogen-bond donors (Lipinski definition) is 0. The van der Waals surface area contributed by atoms with Gasteiger partial charge in [0.25, 0.3) is 0 Å². The quantitative estimate of drug-likeness (QED) is 0.267. The van der Waals surface area contributed by atoms with Gasteiger partial charge in [-0.05, 0) is 32.5 Å². The molecule has 0 unspecified atom stereocenters. The van der Waals surface area contributed by atoms with Crippen molar-refractivity contribution in [3.63, 3.8) is 0 Å². The molecular weight excluding hydrogens is 237 g/mol. The molecule has 0 rings (SSSR count). The second-order valence-electron chi connectivity index (χ2n) is 5.60. The average Bonchev–Trinajstić information content (AvgIpc) is 2.43. The molecule has 2 heteroatoms. The van der Waals surface area contributed by atoms with Gasteiger partial charge in [-0.15, -0.1) is 0 Å². The van der Waals surface area contributed by atoms with Gasteiger partial charge >= 0.3 is 18.9 Å². The SMILES string of the molecule is [CH2-]C=CCN(CCCCCCC)CCCCCCC.[Li+]. The van der Waals surface area contributed by atoms with Crippen LogP contribution in [0.4, 0.5) is 0 Å². The van der Waals surface area contributed by atoms with Gasteiger partial charge in [-0.1, -0.05) is 65.2 Å². The van der Waals surface area contributed by atoms with Crippen molar-refractivity contribution in [2.45, 2.75) is 78.1 Å². The van der Waals surface area contributed by atoms with Gasteiger partial charge in [0, 0.05) is 0 Å². The molecule has 0 aliphatic rings. The van der Waals surface area contributed by atoms with Gasteiger partial charge in [0.15, 0.2) is 0 Å². The van der Waals surface area contributed by atoms with Crippen LogP contribution in [0.2, 0.25) is 0 Å². The fourth-order valence-electron chi connectivity index (χ4n) is 2.40. The molecule has 0 aromatic heterocycles. The van der Waals surface area contributed by atoms with Crippen LogP contribution < -0.4 is 18.9 Å². The zero-order valence-electron chi connectivity index (χ0n) is 14.5. The van der Waals surface area contributed by atoms with Crippen LogP contribution in [0.5, 0.6) is 0 Å². The maximum Gasteiger partial charge on any atom is 1.00 e. The number of unbranched alkanes of at least 4 members (excludes halogenated alkanes) is 8. The Labute approximate surface area is 140 Å². The van der Waals surface area contributed by atoms with E-state index in [2.05, 4.69) is 31.7 Å². The molecule has 0 saturated heterocycles. The molecule has 0 bridgehead atoms. The van der Waals surface area contributed by atoms with E-state index in [1.54, 1.807) is 0 Å². The Hall–Kier alpha value is 0.167. The number of hydrogen-bond acceptors (Lipinski definition) is 1. The van der Waals surface area contributed by atoms with Gasteiger partial charge in [-0.25, -0.2) is 19.1 Å². The Kier molecular flexibility index (Phi) is 21.5. The first-order chi connectivity index (χ1) is 9.35. The Bertz CT molecular complexity index is 178. The summed E-state index contributed by atoms with van der Waals surface area (Å²) in [4.78, 5) is 2.60. The Morgan fingerprint density at radius 1 is 0.750 bits per heavy atom. The molecule has 20 heavy (non-hydrogen) atoms. The fraction of sp³-hybridized carbons (Fsp3) is 0.833. The predicted molar refractivity (Wildman–Crippen MR) is 88.5 cm³/mol. The van der Waals surface area contributed by atoms with Crippen molar-refractivity contribution in [1.82, 2.24) is 4.90 Å². The zero-order valence-corrected chi connectivity index (χ0v) is 14.5. The third-order valence-corrected chi connectivity index (χ3v) is 3.69. The van der Waals surface area contributed by atoms with Crippen molar-refractivity contribution in [3.8, 4) is 0 Å². The van der Waals surface area contributed by atoms with Crippen molar-refractivity contribution in [2.75, 3.05) is 19.6 Å². The van der Waals surface area contributed by atoms with Crippen LogP contribution in [0, 0.1) is 6.92 Å². The molecule has 0 spiro atoms. The topological polar surface area (TPSA) is 3.24 Å². The molecule has 0 amide bonds. The first-order valence-corrected chi connectivity index (χ1v) is 8.51. The largest absolute Gasteiger partial charge is 1.00 e. The summed E-state index contributed by atoms with van der Waals surface area (Å²) in [5, 5.41) is 0. The summed E-state index contributed by atoms with van der Waals surface area (Å²) in [7, 11) is 0. The molecule has 0 aromatic rings. The summed E-state index contributed by atoms with van der Waals surface area (Å²) in [6.45, 7) is 12.0. The summed E-state index contributed by atoms with van der Waals surface area (Å²) in [5.41, 5.74) is 0. The van der Waals surface area contributed by atoms with Gasteiger partial charge in [-0.3, -0.25) is 0 Å². The van der Waals surface area contributed by atoms with E-state index in [9.17, 15) is 0 Å². The Balaban J connectivity index is 0. The molecule has 0 atom stereocenters. The average molecular weight is 273 g/mol. The van der Waals surface area contributed by atoms with Gasteiger partial charge in [0.05, 0.1) is 0 Å². The molecule has 0 saturated carbocycles. The standard InChI is InChI=1S/C18H36N.Li/c1-4-7-10-12-14-17-19(16-9-6-3)18-15-13-11-8-5-2;/h6,9H,3-5,7-8,10-18H2,1-2H3;/q-1;+1.